The average Bonchev–Trinajstić information content (AvgIpc) is 2.10. The molecule has 5 heteroatoms. The Morgan fingerprint density at radius 1 is 1.31 bits per heavy atom. The maximum absolute atomic E-state index is 5.93. The Morgan fingerprint density at radius 2 is 1.92 bits per heavy atom. The zero-order valence-corrected chi connectivity index (χ0v) is 9.12. The molecule has 0 aromatic heterocycles. The Labute approximate surface area is 91.3 Å². The maximum Gasteiger partial charge on any atom is 0.0773 e. The summed E-state index contributed by atoms with van der Waals surface area (Å²) in [7, 11) is 0. The number of benzene rings is 1. The van der Waals surface area contributed by atoms with Crippen molar-refractivity contribution in [3.05, 3.63) is 28.2 Å². The van der Waals surface area contributed by atoms with Gasteiger partial charge in [-0.3, -0.25) is 0 Å². The van der Waals surface area contributed by atoms with E-state index >= 15 is 0 Å². The van der Waals surface area contributed by atoms with Gasteiger partial charge in [-0.1, -0.05) is 29.3 Å². The van der Waals surface area contributed by atoms with Crippen LogP contribution in [0.25, 0.3) is 0 Å². The van der Waals surface area contributed by atoms with E-state index in [1.54, 1.807) is 12.1 Å². The van der Waals surface area contributed by atoms with Crippen LogP contribution in [0.3, 0.4) is 0 Å². The van der Waals surface area contributed by atoms with E-state index in [4.69, 9.17) is 29.1 Å². The van der Waals surface area contributed by atoms with Crippen LogP contribution in [0.15, 0.2) is 23.1 Å². The summed E-state index contributed by atoms with van der Waals surface area (Å²) < 4.78 is 0. The fourth-order valence-corrected chi connectivity index (χ4v) is 2.33. The molecule has 2 nitrogen and oxygen atoms in total. The fraction of sp³-hybridized carbons (Fsp3) is 0.250. The summed E-state index contributed by atoms with van der Waals surface area (Å²) in [6, 6.07) is 5.42. The molecule has 0 atom stereocenters. The quantitative estimate of drug-likeness (QED) is 0.497. The average molecular weight is 238 g/mol. The van der Waals surface area contributed by atoms with Crippen LogP contribution < -0.4 is 5.90 Å². The molecule has 1 aromatic rings. The summed E-state index contributed by atoms with van der Waals surface area (Å²) in [5.41, 5.74) is 0. The first-order valence-corrected chi connectivity index (χ1v) is 5.38. The molecule has 2 N–H and O–H groups in total. The molecule has 0 aliphatic heterocycles. The predicted molar refractivity (Wildman–Crippen MR) is 57.3 cm³/mol. The van der Waals surface area contributed by atoms with Crippen molar-refractivity contribution >= 4 is 35.0 Å². The molecule has 0 saturated carbocycles. The van der Waals surface area contributed by atoms with Crippen molar-refractivity contribution < 1.29 is 4.84 Å². The highest BCUT2D eigenvalue weighted by atomic mass is 35.5. The Kier molecular flexibility index (Phi) is 4.91. The van der Waals surface area contributed by atoms with Gasteiger partial charge in [-0.15, -0.1) is 11.8 Å². The van der Waals surface area contributed by atoms with Crippen LogP contribution in [0.2, 0.25) is 10.0 Å². The Bertz CT molecular complexity index is 263. The molecule has 1 aromatic carbocycles. The number of halogens is 2. The second-order valence-corrected chi connectivity index (χ2v) is 4.19. The van der Waals surface area contributed by atoms with Crippen molar-refractivity contribution in [2.45, 2.75) is 4.90 Å². The zero-order valence-electron chi connectivity index (χ0n) is 6.80. The Morgan fingerprint density at radius 3 is 2.46 bits per heavy atom. The van der Waals surface area contributed by atoms with Crippen LogP contribution in [0.1, 0.15) is 0 Å². The van der Waals surface area contributed by atoms with E-state index in [2.05, 4.69) is 4.84 Å². The molecular weight excluding hydrogens is 229 g/mol. The standard InChI is InChI=1S/C8H9Cl2NOS/c9-6-2-1-3-7(10)8(6)13-5-4-12-11/h1-3H,4-5,11H2. The topological polar surface area (TPSA) is 35.2 Å². The van der Waals surface area contributed by atoms with Crippen LogP contribution >= 0.6 is 35.0 Å². The molecular formula is C8H9Cl2NOS. The van der Waals surface area contributed by atoms with Crippen LogP contribution in [-0.4, -0.2) is 12.4 Å². The SMILES string of the molecule is NOCCSc1c(Cl)cccc1Cl. The van der Waals surface area contributed by atoms with Crippen molar-refractivity contribution in [2.75, 3.05) is 12.4 Å². The number of hydrogen-bond acceptors (Lipinski definition) is 3. The van der Waals surface area contributed by atoms with E-state index in [-0.39, 0.29) is 0 Å². The largest absolute Gasteiger partial charge is 0.304 e. The molecule has 13 heavy (non-hydrogen) atoms. The van der Waals surface area contributed by atoms with Crippen molar-refractivity contribution in [2.24, 2.45) is 5.90 Å². The zero-order chi connectivity index (χ0) is 9.68. The predicted octanol–water partition coefficient (Wildman–Crippen LogP) is 2.98. The van der Waals surface area contributed by atoms with E-state index < -0.39 is 0 Å². The van der Waals surface area contributed by atoms with Gasteiger partial charge in [0.2, 0.25) is 0 Å². The molecule has 0 bridgehead atoms. The highest BCUT2D eigenvalue weighted by Crippen LogP contribution is 2.33. The molecule has 0 aliphatic rings. The molecule has 0 fully saturated rings. The second kappa shape index (κ2) is 5.73. The third kappa shape index (κ3) is 3.37. The lowest BCUT2D eigenvalue weighted by molar-refractivity contribution is 0.155. The molecule has 0 unspecified atom stereocenters. The van der Waals surface area contributed by atoms with Gasteiger partial charge in [-0.05, 0) is 12.1 Å². The van der Waals surface area contributed by atoms with Gasteiger partial charge < -0.3 is 4.84 Å². The molecule has 0 radical (unpaired) electrons. The van der Waals surface area contributed by atoms with Gasteiger partial charge in [0.25, 0.3) is 0 Å². The number of nitrogens with two attached hydrogens (primary N) is 1. The van der Waals surface area contributed by atoms with Gasteiger partial charge in [0.15, 0.2) is 0 Å². The summed E-state index contributed by atoms with van der Waals surface area (Å²) in [4.78, 5) is 5.31. The van der Waals surface area contributed by atoms with Crippen molar-refractivity contribution in [1.82, 2.24) is 0 Å². The number of rotatable bonds is 4. The first-order chi connectivity index (χ1) is 6.25. The molecule has 0 spiro atoms. The van der Waals surface area contributed by atoms with Crippen molar-refractivity contribution in [3.63, 3.8) is 0 Å². The minimum Gasteiger partial charge on any atom is -0.304 e. The lowest BCUT2D eigenvalue weighted by Gasteiger charge is -2.04. The van der Waals surface area contributed by atoms with Gasteiger partial charge in [-0.25, -0.2) is 5.90 Å². The van der Waals surface area contributed by atoms with Gasteiger partial charge in [0.05, 0.1) is 16.7 Å². The Hall–Kier alpha value is 0.0700. The Balaban J connectivity index is 2.64. The molecule has 72 valence electrons. The molecule has 1 rings (SSSR count). The summed E-state index contributed by atoms with van der Waals surface area (Å²) >= 11 is 13.4. The van der Waals surface area contributed by atoms with Crippen LogP contribution in [0.4, 0.5) is 0 Å². The van der Waals surface area contributed by atoms with Crippen molar-refractivity contribution in [3.8, 4) is 0 Å². The molecule has 0 amide bonds. The first kappa shape index (κ1) is 11.1. The van der Waals surface area contributed by atoms with E-state index in [1.807, 2.05) is 6.07 Å². The van der Waals surface area contributed by atoms with Gasteiger partial charge in [0, 0.05) is 10.6 Å². The van der Waals surface area contributed by atoms with Crippen LogP contribution in [0.5, 0.6) is 0 Å². The van der Waals surface area contributed by atoms with Gasteiger partial charge in [-0.2, -0.15) is 0 Å². The molecule has 0 saturated heterocycles. The second-order valence-electron chi connectivity index (χ2n) is 2.27. The van der Waals surface area contributed by atoms with E-state index in [0.29, 0.717) is 16.7 Å². The third-order valence-electron chi connectivity index (χ3n) is 1.37. The third-order valence-corrected chi connectivity index (χ3v) is 3.32. The first-order valence-electron chi connectivity index (χ1n) is 3.64. The summed E-state index contributed by atoms with van der Waals surface area (Å²) in [5.74, 6) is 5.63. The number of thioether (sulfide) groups is 1. The van der Waals surface area contributed by atoms with Crippen molar-refractivity contribution in [1.29, 1.82) is 0 Å². The fourth-order valence-electron chi connectivity index (χ4n) is 0.812. The maximum atomic E-state index is 5.93. The minimum atomic E-state index is 0.478. The lowest BCUT2D eigenvalue weighted by Crippen LogP contribution is -2.02. The summed E-state index contributed by atoms with van der Waals surface area (Å²) in [5, 5.41) is 1.32. The highest BCUT2D eigenvalue weighted by molar-refractivity contribution is 7.99. The van der Waals surface area contributed by atoms with Crippen LogP contribution in [-0.2, 0) is 4.84 Å². The van der Waals surface area contributed by atoms with E-state index in [9.17, 15) is 0 Å². The lowest BCUT2D eigenvalue weighted by atomic mass is 10.4. The van der Waals surface area contributed by atoms with E-state index in [0.717, 1.165) is 10.6 Å². The smallest absolute Gasteiger partial charge is 0.0773 e. The van der Waals surface area contributed by atoms with E-state index in [1.165, 1.54) is 11.8 Å². The van der Waals surface area contributed by atoms with Crippen LogP contribution in [0, 0.1) is 0 Å². The van der Waals surface area contributed by atoms with Gasteiger partial charge >= 0.3 is 0 Å². The highest BCUT2D eigenvalue weighted by Gasteiger charge is 2.04. The normalized spacial score (nSPS) is 10.4. The monoisotopic (exact) mass is 237 g/mol. The van der Waals surface area contributed by atoms with Gasteiger partial charge in [0.1, 0.15) is 0 Å². The summed E-state index contributed by atoms with van der Waals surface area (Å²) in [6.45, 7) is 0.478. The summed E-state index contributed by atoms with van der Waals surface area (Å²) in [6.07, 6.45) is 0. The molecule has 0 heterocycles. The molecule has 0 aliphatic carbocycles. The minimum absolute atomic E-state index is 0.478. The number of hydrogen-bond donors (Lipinski definition) is 1.